The number of aliphatic carboxylic acids is 1. The molecule has 4 amide bonds. The fourth-order valence-corrected chi connectivity index (χ4v) is 4.93. The number of imide groups is 1. The van der Waals surface area contributed by atoms with Gasteiger partial charge in [0.15, 0.2) is 0 Å². The van der Waals surface area contributed by atoms with Crippen LogP contribution in [-0.4, -0.2) is 80.9 Å². The highest BCUT2D eigenvalue weighted by atomic mass is 32.2. The average Bonchev–Trinajstić information content (AvgIpc) is 2.75. The highest BCUT2D eigenvalue weighted by Crippen LogP contribution is 2.30. The van der Waals surface area contributed by atoms with E-state index in [4.69, 9.17) is 5.11 Å². The van der Waals surface area contributed by atoms with E-state index in [2.05, 4.69) is 14.6 Å². The van der Waals surface area contributed by atoms with Gasteiger partial charge in [-0.15, -0.1) is 9.24 Å². The van der Waals surface area contributed by atoms with Gasteiger partial charge in [-0.1, -0.05) is 6.92 Å². The zero-order chi connectivity index (χ0) is 26.1. The lowest BCUT2D eigenvalue weighted by Crippen LogP contribution is -2.43. The molecule has 2 N–H and O–H groups in total. The van der Waals surface area contributed by atoms with Gasteiger partial charge in [0.25, 0.3) is 0 Å². The van der Waals surface area contributed by atoms with Crippen LogP contribution in [0.5, 0.6) is 0 Å². The van der Waals surface area contributed by atoms with E-state index < -0.39 is 12.0 Å². The molecule has 3 atom stereocenters. The fourth-order valence-electron chi connectivity index (χ4n) is 3.84. The predicted molar refractivity (Wildman–Crippen MR) is 136 cm³/mol. The molecule has 9 nitrogen and oxygen atoms in total. The Hall–Kier alpha value is -1.67. The van der Waals surface area contributed by atoms with Crippen molar-refractivity contribution in [1.29, 1.82) is 0 Å². The van der Waals surface area contributed by atoms with Crippen molar-refractivity contribution >= 4 is 51.1 Å². The summed E-state index contributed by atoms with van der Waals surface area (Å²) in [5.74, 6) is -0.900. The molecule has 0 aromatic heterocycles. The molecule has 0 radical (unpaired) electrons. The van der Waals surface area contributed by atoms with Crippen molar-refractivity contribution in [3.63, 3.8) is 0 Å². The van der Waals surface area contributed by atoms with Crippen LogP contribution in [-0.2, 0) is 24.0 Å². The number of carboxylic acids is 1. The molecule has 2 unspecified atom stereocenters. The molecule has 1 aliphatic rings. The first-order chi connectivity index (χ1) is 15.7. The van der Waals surface area contributed by atoms with Crippen LogP contribution in [0.25, 0.3) is 0 Å². The Bertz CT molecular complexity index is 737. The number of nitrogens with one attached hydrogen (secondary N) is 1. The van der Waals surface area contributed by atoms with Crippen molar-refractivity contribution in [2.75, 3.05) is 19.3 Å². The third-order valence-electron chi connectivity index (χ3n) is 6.08. The maximum Gasteiger partial charge on any atom is 0.326 e. The highest BCUT2D eigenvalue weighted by Gasteiger charge is 2.30. The van der Waals surface area contributed by atoms with Crippen molar-refractivity contribution in [1.82, 2.24) is 15.1 Å². The first-order valence-corrected chi connectivity index (χ1v) is 13.3. The Balaban J connectivity index is 2.41. The monoisotopic (exact) mass is 517 g/mol. The topological polar surface area (TPSA) is 124 Å². The lowest BCUT2D eigenvalue weighted by Gasteiger charge is -2.32. The molecule has 1 saturated carbocycles. The molecule has 11 heteroatoms. The summed E-state index contributed by atoms with van der Waals surface area (Å²) in [5.41, 5.74) is 0. The standard InChI is InChI=1S/C23H40N3O6PS/c1-15(34-11-10-19(28)25(5)16(2)22(31)32)12-20(29)26(14-27)13-17-6-8-18(9-7-17)21(30)24-23(3,4)33/h14-18H,6-13,33H2,1-5H3,(H,24,30)(H,31,32)/t15?,16-,17?,18?/m0/s1. The van der Waals surface area contributed by atoms with Gasteiger partial charge in [-0.05, 0) is 52.4 Å². The zero-order valence-corrected chi connectivity index (χ0v) is 22.9. The Morgan fingerprint density at radius 2 is 1.74 bits per heavy atom. The molecule has 1 rings (SSSR count). The van der Waals surface area contributed by atoms with Crippen molar-refractivity contribution in [2.45, 2.75) is 82.8 Å². The number of carbonyl (C=O) groups is 5. The SMILES string of the molecule is CC(CC(=O)N(C=O)CC1CCC(C(=O)NC(C)(C)P)CC1)SCCC(=O)N(C)[C@@H](C)C(=O)O. The van der Waals surface area contributed by atoms with Crippen molar-refractivity contribution in [3.8, 4) is 0 Å². The van der Waals surface area contributed by atoms with Gasteiger partial charge in [-0.2, -0.15) is 11.8 Å². The molecule has 0 saturated heterocycles. The first-order valence-electron chi connectivity index (χ1n) is 11.7. The van der Waals surface area contributed by atoms with Crippen molar-refractivity contribution in [3.05, 3.63) is 0 Å². The van der Waals surface area contributed by atoms with Gasteiger partial charge < -0.3 is 15.3 Å². The van der Waals surface area contributed by atoms with Gasteiger partial charge in [0.1, 0.15) is 6.04 Å². The molecular formula is C23H40N3O6PS. The van der Waals surface area contributed by atoms with E-state index in [9.17, 15) is 24.0 Å². The second kappa shape index (κ2) is 14.0. The summed E-state index contributed by atoms with van der Waals surface area (Å²) in [5, 5.41) is 11.6. The average molecular weight is 518 g/mol. The third-order valence-corrected chi connectivity index (χ3v) is 7.40. The largest absolute Gasteiger partial charge is 0.480 e. The Kier molecular flexibility index (Phi) is 12.5. The quantitative estimate of drug-likeness (QED) is 0.284. The number of carboxylic acid groups (broad SMARTS) is 1. The Morgan fingerprint density at radius 1 is 1.15 bits per heavy atom. The van der Waals surface area contributed by atoms with Crippen LogP contribution in [0.3, 0.4) is 0 Å². The van der Waals surface area contributed by atoms with E-state index in [1.165, 1.54) is 35.5 Å². The second-order valence-electron chi connectivity index (χ2n) is 9.73. The van der Waals surface area contributed by atoms with Crippen LogP contribution in [0.15, 0.2) is 0 Å². The van der Waals surface area contributed by atoms with Gasteiger partial charge in [0.05, 0.1) is 0 Å². The molecule has 0 bridgehead atoms. The van der Waals surface area contributed by atoms with E-state index in [1.807, 2.05) is 20.8 Å². The molecule has 34 heavy (non-hydrogen) atoms. The van der Waals surface area contributed by atoms with Crippen LogP contribution in [0.1, 0.15) is 66.2 Å². The molecule has 0 aliphatic heterocycles. The van der Waals surface area contributed by atoms with Crippen LogP contribution in [0.2, 0.25) is 0 Å². The van der Waals surface area contributed by atoms with E-state index in [-0.39, 0.29) is 52.9 Å². The summed E-state index contributed by atoms with van der Waals surface area (Å²) in [7, 11) is 4.07. The molecule has 0 heterocycles. The van der Waals surface area contributed by atoms with E-state index >= 15 is 0 Å². The highest BCUT2D eigenvalue weighted by molar-refractivity contribution is 7.99. The van der Waals surface area contributed by atoms with E-state index in [0.29, 0.717) is 18.7 Å². The molecule has 194 valence electrons. The minimum atomic E-state index is -1.06. The van der Waals surface area contributed by atoms with Gasteiger partial charge in [0.2, 0.25) is 24.1 Å². The normalized spacial score (nSPS) is 20.1. The van der Waals surface area contributed by atoms with Gasteiger partial charge in [0, 0.05) is 48.6 Å². The number of nitrogens with zero attached hydrogens (tertiary/aromatic N) is 2. The van der Waals surface area contributed by atoms with Gasteiger partial charge in [-0.25, -0.2) is 4.79 Å². The molecule has 0 spiro atoms. The lowest BCUT2D eigenvalue weighted by molar-refractivity contribution is -0.148. The molecule has 0 aromatic carbocycles. The van der Waals surface area contributed by atoms with E-state index in [0.717, 1.165) is 25.7 Å². The summed E-state index contributed by atoms with van der Waals surface area (Å²) in [6.45, 7) is 7.53. The number of hydrogen-bond donors (Lipinski definition) is 2. The zero-order valence-electron chi connectivity index (χ0n) is 20.9. The lowest BCUT2D eigenvalue weighted by atomic mass is 9.81. The fraction of sp³-hybridized carbons (Fsp3) is 0.783. The van der Waals surface area contributed by atoms with Crippen molar-refractivity contribution < 1.29 is 29.1 Å². The van der Waals surface area contributed by atoms with Crippen LogP contribution >= 0.6 is 21.0 Å². The number of amides is 4. The maximum absolute atomic E-state index is 12.6. The number of thioether (sulfide) groups is 1. The van der Waals surface area contributed by atoms with Crippen LogP contribution < -0.4 is 5.32 Å². The number of likely N-dealkylation sites (N-methyl/N-ethyl adjacent to an activating group) is 1. The van der Waals surface area contributed by atoms with Crippen molar-refractivity contribution in [2.24, 2.45) is 11.8 Å². The molecule has 1 fully saturated rings. The Morgan fingerprint density at radius 3 is 2.24 bits per heavy atom. The summed E-state index contributed by atoms with van der Waals surface area (Å²) < 4.78 is 0. The second-order valence-corrected chi connectivity index (χ2v) is 12.7. The first kappa shape index (κ1) is 30.4. The molecule has 1 aliphatic carbocycles. The number of hydrogen-bond acceptors (Lipinski definition) is 6. The smallest absolute Gasteiger partial charge is 0.326 e. The van der Waals surface area contributed by atoms with Crippen LogP contribution in [0, 0.1) is 11.8 Å². The third kappa shape index (κ3) is 10.7. The Labute approximate surface area is 209 Å². The van der Waals surface area contributed by atoms with Crippen LogP contribution in [0.4, 0.5) is 0 Å². The van der Waals surface area contributed by atoms with E-state index in [1.54, 1.807) is 0 Å². The van der Waals surface area contributed by atoms with Gasteiger partial charge >= 0.3 is 5.97 Å². The summed E-state index contributed by atoms with van der Waals surface area (Å²) >= 11 is 1.45. The summed E-state index contributed by atoms with van der Waals surface area (Å²) in [6, 6.07) is -0.889. The minimum Gasteiger partial charge on any atom is -0.480 e. The number of rotatable bonds is 13. The number of carbonyl (C=O) groups excluding carboxylic acids is 4. The summed E-state index contributed by atoms with van der Waals surface area (Å²) in [6.07, 6.45) is 4.02. The predicted octanol–water partition coefficient (Wildman–Crippen LogP) is 2.34. The molecular weight excluding hydrogens is 477 g/mol. The minimum absolute atomic E-state index is 0.0341. The van der Waals surface area contributed by atoms with Gasteiger partial charge in [-0.3, -0.25) is 24.1 Å². The summed E-state index contributed by atoms with van der Waals surface area (Å²) in [4.78, 5) is 62.1. The maximum atomic E-state index is 12.6. The molecule has 0 aromatic rings.